The van der Waals surface area contributed by atoms with Gasteiger partial charge in [-0.25, -0.2) is 0 Å². The second kappa shape index (κ2) is 25.8. The maximum absolute atomic E-state index is 14.5. The van der Waals surface area contributed by atoms with Crippen molar-refractivity contribution in [2.45, 2.75) is 149 Å². The topological polar surface area (TPSA) is 162 Å². The minimum Gasteiger partial charge on any atom is -0.383 e. The highest BCUT2D eigenvalue weighted by atomic mass is 16.5. The number of methoxy groups -OCH3 is 2. The standard InChI is InChI=1S/C50H81N7O7/c1-15-33(7)43(54-49(61)44(31(3)4)55(10)11)50(62)56(12)45(34(8)16-2)41(63-13)30-42(58)57-28-20-23-40(57)46(64-14)35(9)47(59)53-39(29-36-21-18-17-19-22-36)48(60)52-38-26-24-37(25-27-38)51-32(5)6/h17-19,21-22,24-27,31-35,39-41,43-46,51H,15-16,20,23,28-30H2,1-14H3,(H,52,60)(H,53,59)(H,54,61)/t33-,34-,35+,39-,40-,41+,43-,44-,45-,46+/m0/s1. The van der Waals surface area contributed by atoms with Gasteiger partial charge in [0.25, 0.3) is 0 Å². The summed E-state index contributed by atoms with van der Waals surface area (Å²) in [5, 5.41) is 12.4. The van der Waals surface area contributed by atoms with E-state index in [2.05, 4.69) is 42.0 Å². The zero-order valence-electron chi connectivity index (χ0n) is 41.3. The number of nitrogens with one attached hydrogen (secondary N) is 4. The van der Waals surface area contributed by atoms with Crippen molar-refractivity contribution in [1.29, 1.82) is 0 Å². The Bertz CT molecular complexity index is 1770. The Balaban J connectivity index is 1.82. The number of likely N-dealkylation sites (tertiary alicyclic amines) is 1. The van der Waals surface area contributed by atoms with Crippen LogP contribution in [0.1, 0.15) is 100.0 Å². The highest BCUT2D eigenvalue weighted by Gasteiger charge is 2.43. The van der Waals surface area contributed by atoms with Gasteiger partial charge in [0, 0.05) is 51.6 Å². The van der Waals surface area contributed by atoms with Crippen molar-refractivity contribution in [3.8, 4) is 0 Å². The third-order valence-electron chi connectivity index (χ3n) is 13.0. The Morgan fingerprint density at radius 2 is 1.38 bits per heavy atom. The molecule has 5 amide bonds. The van der Waals surface area contributed by atoms with Crippen LogP contribution in [0.2, 0.25) is 0 Å². The Morgan fingerprint density at radius 1 is 0.766 bits per heavy atom. The third kappa shape index (κ3) is 14.7. The molecule has 3 rings (SSSR count). The first-order chi connectivity index (χ1) is 30.3. The first kappa shape index (κ1) is 53.8. The number of rotatable bonds is 25. The molecule has 1 aliphatic heterocycles. The quantitative estimate of drug-likeness (QED) is 0.0909. The summed E-state index contributed by atoms with van der Waals surface area (Å²) in [5.74, 6) is -2.17. The van der Waals surface area contributed by atoms with Crippen LogP contribution in [-0.4, -0.2) is 135 Å². The molecule has 0 spiro atoms. The molecule has 0 radical (unpaired) electrons. The van der Waals surface area contributed by atoms with E-state index in [0.29, 0.717) is 25.1 Å². The van der Waals surface area contributed by atoms with Crippen LogP contribution in [0, 0.1) is 23.7 Å². The first-order valence-electron chi connectivity index (χ1n) is 23.4. The number of amides is 5. The van der Waals surface area contributed by atoms with Crippen LogP contribution in [0.3, 0.4) is 0 Å². The highest BCUT2D eigenvalue weighted by molar-refractivity contribution is 5.98. The lowest BCUT2D eigenvalue weighted by Gasteiger charge is -2.41. The molecule has 0 unspecified atom stereocenters. The molecule has 1 heterocycles. The van der Waals surface area contributed by atoms with Crippen LogP contribution >= 0.6 is 0 Å². The van der Waals surface area contributed by atoms with Crippen LogP contribution in [-0.2, 0) is 39.9 Å². The Labute approximate surface area is 384 Å². The molecule has 2 aromatic rings. The first-order valence-corrected chi connectivity index (χ1v) is 23.4. The lowest BCUT2D eigenvalue weighted by Crippen LogP contribution is -2.60. The molecule has 4 N–H and O–H groups in total. The molecule has 0 saturated carbocycles. The highest BCUT2D eigenvalue weighted by Crippen LogP contribution is 2.30. The summed E-state index contributed by atoms with van der Waals surface area (Å²) >= 11 is 0. The lowest BCUT2D eigenvalue weighted by atomic mass is 9.88. The van der Waals surface area contributed by atoms with E-state index in [1.54, 1.807) is 38.0 Å². The van der Waals surface area contributed by atoms with Crippen LogP contribution in [0.25, 0.3) is 0 Å². The second-order valence-electron chi connectivity index (χ2n) is 18.7. The maximum atomic E-state index is 14.5. The molecular weight excluding hydrogens is 811 g/mol. The van der Waals surface area contributed by atoms with Gasteiger partial charge in [0.05, 0.1) is 42.7 Å². The molecule has 2 aromatic carbocycles. The predicted molar refractivity (Wildman–Crippen MR) is 256 cm³/mol. The van der Waals surface area contributed by atoms with Crippen molar-refractivity contribution in [3.63, 3.8) is 0 Å². The predicted octanol–water partition coefficient (Wildman–Crippen LogP) is 6.21. The lowest BCUT2D eigenvalue weighted by molar-refractivity contribution is -0.148. The van der Waals surface area contributed by atoms with Crippen molar-refractivity contribution >= 4 is 40.9 Å². The van der Waals surface area contributed by atoms with E-state index in [9.17, 15) is 24.0 Å². The van der Waals surface area contributed by atoms with Gasteiger partial charge in [-0.2, -0.15) is 0 Å². The van der Waals surface area contributed by atoms with E-state index in [-0.39, 0.29) is 66.2 Å². The normalized spacial score (nSPS) is 18.3. The molecule has 0 aliphatic carbocycles. The van der Waals surface area contributed by atoms with Crippen molar-refractivity contribution < 1.29 is 33.4 Å². The van der Waals surface area contributed by atoms with Gasteiger partial charge in [-0.3, -0.25) is 28.9 Å². The summed E-state index contributed by atoms with van der Waals surface area (Å²) in [7, 11) is 8.59. The monoisotopic (exact) mass is 892 g/mol. The number of benzene rings is 2. The second-order valence-corrected chi connectivity index (χ2v) is 18.7. The van der Waals surface area contributed by atoms with E-state index in [1.165, 1.54) is 0 Å². The number of carbonyl (C=O) groups excluding carboxylic acids is 5. The van der Waals surface area contributed by atoms with Gasteiger partial charge in [-0.05, 0) is 88.4 Å². The Hall–Kier alpha value is -4.53. The molecule has 0 aromatic heterocycles. The average Bonchev–Trinajstić information content (AvgIpc) is 3.74. The van der Waals surface area contributed by atoms with Gasteiger partial charge in [0.15, 0.2) is 0 Å². The molecule has 1 saturated heterocycles. The molecule has 64 heavy (non-hydrogen) atoms. The summed E-state index contributed by atoms with van der Waals surface area (Å²) in [6.45, 7) is 18.4. The fraction of sp³-hybridized carbons (Fsp3) is 0.660. The third-order valence-corrected chi connectivity index (χ3v) is 13.0. The van der Waals surface area contributed by atoms with Crippen LogP contribution in [0.5, 0.6) is 0 Å². The number of nitrogens with zero attached hydrogens (tertiary/aromatic N) is 3. The molecule has 14 nitrogen and oxygen atoms in total. The van der Waals surface area contributed by atoms with Gasteiger partial charge in [0.1, 0.15) is 12.1 Å². The van der Waals surface area contributed by atoms with Gasteiger partial charge < -0.3 is 40.5 Å². The van der Waals surface area contributed by atoms with Crippen molar-refractivity contribution in [3.05, 3.63) is 60.2 Å². The zero-order valence-corrected chi connectivity index (χ0v) is 41.3. The average molecular weight is 892 g/mol. The minimum absolute atomic E-state index is 0.000874. The smallest absolute Gasteiger partial charge is 0.247 e. The summed E-state index contributed by atoms with van der Waals surface area (Å²) in [4.78, 5) is 76.0. The summed E-state index contributed by atoms with van der Waals surface area (Å²) in [5.41, 5.74) is 2.43. The molecule has 0 bridgehead atoms. The SMILES string of the molecule is CC[C@H](C)[C@@H]([C@@H](CC(=O)N1CCC[C@H]1[C@H](OC)[C@@H](C)C(=O)N[C@@H](Cc1ccccc1)C(=O)Nc1ccc(NC(C)C)cc1)OC)N(C)C(=O)[C@@H](NC(=O)[C@H](C(C)C)N(C)C)[C@@H](C)CC. The minimum atomic E-state index is -0.887. The number of ether oxygens (including phenoxy) is 2. The molecule has 10 atom stereocenters. The van der Waals surface area contributed by atoms with Gasteiger partial charge >= 0.3 is 0 Å². The van der Waals surface area contributed by atoms with Gasteiger partial charge in [-0.1, -0.05) is 91.6 Å². The summed E-state index contributed by atoms with van der Waals surface area (Å²) < 4.78 is 12.2. The van der Waals surface area contributed by atoms with E-state index < -0.39 is 48.3 Å². The molecule has 1 aliphatic rings. The number of hydrogen-bond donors (Lipinski definition) is 4. The fourth-order valence-electron chi connectivity index (χ4n) is 9.16. The van der Waals surface area contributed by atoms with E-state index in [0.717, 1.165) is 24.1 Å². The van der Waals surface area contributed by atoms with Crippen molar-refractivity contribution in [2.24, 2.45) is 23.7 Å². The van der Waals surface area contributed by atoms with E-state index in [1.807, 2.05) is 108 Å². The summed E-state index contributed by atoms with van der Waals surface area (Å²) in [6.07, 6.45) is 1.71. The van der Waals surface area contributed by atoms with E-state index >= 15 is 0 Å². The van der Waals surface area contributed by atoms with Crippen LogP contribution in [0.4, 0.5) is 11.4 Å². The number of hydrogen-bond acceptors (Lipinski definition) is 9. The van der Waals surface area contributed by atoms with E-state index in [4.69, 9.17) is 9.47 Å². The fourth-order valence-corrected chi connectivity index (χ4v) is 9.16. The number of carbonyl (C=O) groups is 5. The van der Waals surface area contributed by atoms with Gasteiger partial charge in [-0.15, -0.1) is 0 Å². The van der Waals surface area contributed by atoms with Crippen molar-refractivity contribution in [1.82, 2.24) is 25.3 Å². The zero-order chi connectivity index (χ0) is 47.8. The molecule has 1 fully saturated rings. The molecule has 358 valence electrons. The number of anilines is 2. The van der Waals surface area contributed by atoms with Crippen molar-refractivity contribution in [2.75, 3.05) is 52.5 Å². The summed E-state index contributed by atoms with van der Waals surface area (Å²) in [6, 6.07) is 14.3. The molecule has 14 heteroatoms. The van der Waals surface area contributed by atoms with Crippen LogP contribution in [0.15, 0.2) is 54.6 Å². The number of likely N-dealkylation sites (N-methyl/N-ethyl adjacent to an activating group) is 2. The molecular formula is C50H81N7O7. The maximum Gasteiger partial charge on any atom is 0.247 e. The van der Waals surface area contributed by atoms with Gasteiger partial charge in [0.2, 0.25) is 29.5 Å². The van der Waals surface area contributed by atoms with Crippen LogP contribution < -0.4 is 21.3 Å². The Kier molecular flexibility index (Phi) is 21.7. The largest absolute Gasteiger partial charge is 0.383 e. The Morgan fingerprint density at radius 3 is 1.91 bits per heavy atom.